The molecule has 3 amide bonds. The maximum absolute atomic E-state index is 11.9. The number of hydrogen-bond acceptors (Lipinski definition) is 4. The lowest BCUT2D eigenvalue weighted by atomic mass is 10.2. The van der Waals surface area contributed by atoms with Crippen molar-refractivity contribution in [1.29, 1.82) is 0 Å². The van der Waals surface area contributed by atoms with Gasteiger partial charge in [-0.05, 0) is 18.4 Å². The number of nitrogens with zero attached hydrogens (tertiary/aromatic N) is 1. The SMILES string of the molecule is CSCCC(NC(N)=O)C(=O)NCCc1ncc[nH]1. The number of carbonyl (C=O) groups is 2. The molecule has 0 spiro atoms. The Morgan fingerprint density at radius 1 is 1.58 bits per heavy atom. The van der Waals surface area contributed by atoms with Gasteiger partial charge in [-0.25, -0.2) is 9.78 Å². The first kappa shape index (κ1) is 15.4. The van der Waals surface area contributed by atoms with Gasteiger partial charge in [0.1, 0.15) is 11.9 Å². The number of nitrogens with one attached hydrogen (secondary N) is 3. The Bertz CT molecular complexity index is 396. The normalized spacial score (nSPS) is 11.8. The molecule has 106 valence electrons. The molecule has 7 nitrogen and oxygen atoms in total. The monoisotopic (exact) mass is 285 g/mol. The Balaban J connectivity index is 2.35. The molecule has 0 saturated heterocycles. The quantitative estimate of drug-likeness (QED) is 0.532. The Morgan fingerprint density at radius 2 is 2.37 bits per heavy atom. The maximum Gasteiger partial charge on any atom is 0.312 e. The third-order valence-corrected chi connectivity index (χ3v) is 3.10. The molecule has 1 aromatic heterocycles. The van der Waals surface area contributed by atoms with Crippen LogP contribution in [0.25, 0.3) is 0 Å². The van der Waals surface area contributed by atoms with E-state index in [0.29, 0.717) is 19.4 Å². The van der Waals surface area contributed by atoms with Crippen LogP contribution >= 0.6 is 11.8 Å². The summed E-state index contributed by atoms with van der Waals surface area (Å²) in [6.45, 7) is 0.461. The van der Waals surface area contributed by atoms with E-state index in [1.54, 1.807) is 24.2 Å². The third-order valence-electron chi connectivity index (χ3n) is 2.46. The lowest BCUT2D eigenvalue weighted by molar-refractivity contribution is -0.122. The van der Waals surface area contributed by atoms with Gasteiger partial charge in [0, 0.05) is 25.4 Å². The number of hydrogen-bond donors (Lipinski definition) is 4. The Morgan fingerprint density at radius 3 is 2.95 bits per heavy atom. The fourth-order valence-electron chi connectivity index (χ4n) is 1.54. The minimum absolute atomic E-state index is 0.223. The molecule has 1 aromatic rings. The van der Waals surface area contributed by atoms with Crippen molar-refractivity contribution in [2.45, 2.75) is 18.9 Å². The van der Waals surface area contributed by atoms with E-state index in [4.69, 9.17) is 5.73 Å². The number of primary amides is 1. The average molecular weight is 285 g/mol. The zero-order valence-corrected chi connectivity index (χ0v) is 11.6. The van der Waals surface area contributed by atoms with Gasteiger partial charge in [0.25, 0.3) is 0 Å². The van der Waals surface area contributed by atoms with Crippen molar-refractivity contribution in [1.82, 2.24) is 20.6 Å². The predicted molar refractivity (Wildman–Crippen MR) is 74.8 cm³/mol. The molecule has 1 unspecified atom stereocenters. The van der Waals surface area contributed by atoms with Crippen molar-refractivity contribution in [3.8, 4) is 0 Å². The van der Waals surface area contributed by atoms with E-state index in [1.807, 2.05) is 6.26 Å². The van der Waals surface area contributed by atoms with Crippen molar-refractivity contribution >= 4 is 23.7 Å². The molecule has 5 N–H and O–H groups in total. The molecule has 19 heavy (non-hydrogen) atoms. The van der Waals surface area contributed by atoms with Gasteiger partial charge in [-0.3, -0.25) is 4.79 Å². The molecular formula is C11H19N5O2S. The minimum Gasteiger partial charge on any atom is -0.354 e. The first-order chi connectivity index (χ1) is 9.13. The first-order valence-electron chi connectivity index (χ1n) is 5.94. The number of aromatic amines is 1. The number of carbonyl (C=O) groups excluding carboxylic acids is 2. The summed E-state index contributed by atoms with van der Waals surface area (Å²) in [6, 6.07) is -1.27. The highest BCUT2D eigenvalue weighted by Crippen LogP contribution is 2.01. The predicted octanol–water partition coefficient (Wildman–Crippen LogP) is -0.142. The zero-order chi connectivity index (χ0) is 14.1. The summed E-state index contributed by atoms with van der Waals surface area (Å²) in [5, 5.41) is 5.20. The van der Waals surface area contributed by atoms with E-state index >= 15 is 0 Å². The Hall–Kier alpha value is -1.70. The molecule has 0 aliphatic heterocycles. The van der Waals surface area contributed by atoms with Gasteiger partial charge in [-0.2, -0.15) is 11.8 Å². The van der Waals surface area contributed by atoms with Crippen LogP contribution in [0.4, 0.5) is 4.79 Å². The largest absolute Gasteiger partial charge is 0.354 e. The topological polar surface area (TPSA) is 113 Å². The molecule has 0 bridgehead atoms. The molecule has 1 rings (SSSR count). The van der Waals surface area contributed by atoms with Crippen molar-refractivity contribution in [2.24, 2.45) is 5.73 Å². The van der Waals surface area contributed by atoms with Gasteiger partial charge in [0.15, 0.2) is 0 Å². The molecule has 0 aliphatic carbocycles. The van der Waals surface area contributed by atoms with Gasteiger partial charge in [0.05, 0.1) is 0 Å². The number of H-pyrrole nitrogens is 1. The van der Waals surface area contributed by atoms with Crippen LogP contribution in [0.2, 0.25) is 0 Å². The highest BCUT2D eigenvalue weighted by molar-refractivity contribution is 7.98. The minimum atomic E-state index is -0.688. The van der Waals surface area contributed by atoms with E-state index in [9.17, 15) is 9.59 Å². The number of thioether (sulfide) groups is 1. The molecule has 0 fully saturated rings. The molecule has 1 heterocycles. The van der Waals surface area contributed by atoms with Gasteiger partial charge in [-0.1, -0.05) is 0 Å². The number of aromatic nitrogens is 2. The number of nitrogens with two attached hydrogens (primary N) is 1. The first-order valence-corrected chi connectivity index (χ1v) is 7.33. The van der Waals surface area contributed by atoms with E-state index < -0.39 is 12.1 Å². The van der Waals surface area contributed by atoms with E-state index in [2.05, 4.69) is 20.6 Å². The van der Waals surface area contributed by atoms with Crippen molar-refractivity contribution in [2.75, 3.05) is 18.6 Å². The zero-order valence-electron chi connectivity index (χ0n) is 10.8. The van der Waals surface area contributed by atoms with Crippen LogP contribution in [-0.2, 0) is 11.2 Å². The van der Waals surface area contributed by atoms with Crippen LogP contribution in [0.5, 0.6) is 0 Å². The van der Waals surface area contributed by atoms with E-state index in [0.717, 1.165) is 11.6 Å². The number of urea groups is 1. The number of amides is 3. The van der Waals surface area contributed by atoms with Gasteiger partial charge in [0.2, 0.25) is 5.91 Å². The highest BCUT2D eigenvalue weighted by atomic mass is 32.2. The summed E-state index contributed by atoms with van der Waals surface area (Å²) in [6.07, 6.45) is 6.50. The van der Waals surface area contributed by atoms with Crippen molar-refractivity contribution < 1.29 is 9.59 Å². The summed E-state index contributed by atoms with van der Waals surface area (Å²) in [4.78, 5) is 29.7. The molecule has 0 aliphatic rings. The van der Waals surface area contributed by atoms with Gasteiger partial charge >= 0.3 is 6.03 Å². The summed E-state index contributed by atoms with van der Waals surface area (Å²) in [5.74, 6) is 1.36. The van der Waals surface area contributed by atoms with Crippen LogP contribution in [-0.4, -0.2) is 46.5 Å². The molecule has 0 radical (unpaired) electrons. The lowest BCUT2D eigenvalue weighted by Gasteiger charge is -2.16. The second kappa shape index (κ2) is 8.41. The molecule has 0 saturated carbocycles. The van der Waals surface area contributed by atoms with Crippen molar-refractivity contribution in [3.05, 3.63) is 18.2 Å². The van der Waals surface area contributed by atoms with E-state index in [-0.39, 0.29) is 5.91 Å². The highest BCUT2D eigenvalue weighted by Gasteiger charge is 2.18. The molecule has 8 heteroatoms. The van der Waals surface area contributed by atoms with Crippen LogP contribution < -0.4 is 16.4 Å². The molecule has 0 aromatic carbocycles. The average Bonchev–Trinajstić information content (AvgIpc) is 2.87. The summed E-state index contributed by atoms with van der Waals surface area (Å²) < 4.78 is 0. The third kappa shape index (κ3) is 6.14. The fraction of sp³-hybridized carbons (Fsp3) is 0.545. The lowest BCUT2D eigenvalue weighted by Crippen LogP contribution is -2.49. The standard InChI is InChI=1S/C11H19N5O2S/c1-19-7-3-8(16-11(12)18)10(17)15-4-2-9-13-5-6-14-9/h5-6,8H,2-4,7H2,1H3,(H,13,14)(H,15,17)(H3,12,16,18). The van der Waals surface area contributed by atoms with Gasteiger partial charge in [-0.15, -0.1) is 0 Å². The van der Waals surface area contributed by atoms with Crippen molar-refractivity contribution in [3.63, 3.8) is 0 Å². The van der Waals surface area contributed by atoms with Crippen LogP contribution in [0.1, 0.15) is 12.2 Å². The molecule has 1 atom stereocenters. The fourth-order valence-corrected chi connectivity index (χ4v) is 2.01. The number of imidazole rings is 1. The Labute approximate surface area is 116 Å². The van der Waals surface area contributed by atoms with E-state index in [1.165, 1.54) is 0 Å². The Kier molecular flexibility index (Phi) is 6.80. The van der Waals surface area contributed by atoms with Crippen LogP contribution in [0.3, 0.4) is 0 Å². The summed E-state index contributed by atoms with van der Waals surface area (Å²) >= 11 is 1.61. The second-order valence-electron chi connectivity index (χ2n) is 3.92. The van der Waals surface area contributed by atoms with Crippen LogP contribution in [0.15, 0.2) is 12.4 Å². The smallest absolute Gasteiger partial charge is 0.312 e. The second-order valence-corrected chi connectivity index (χ2v) is 4.91. The molecular weight excluding hydrogens is 266 g/mol. The summed E-state index contributed by atoms with van der Waals surface area (Å²) in [7, 11) is 0. The number of rotatable bonds is 8. The van der Waals surface area contributed by atoms with Crippen LogP contribution in [0, 0.1) is 0 Å². The van der Waals surface area contributed by atoms with Gasteiger partial charge < -0.3 is 21.4 Å². The maximum atomic E-state index is 11.9. The summed E-state index contributed by atoms with van der Waals surface area (Å²) in [5.41, 5.74) is 5.06.